The lowest BCUT2D eigenvalue weighted by Crippen LogP contribution is -2.59. The van der Waals surface area contributed by atoms with Crippen LogP contribution in [0.15, 0.2) is 53.6 Å². The molecule has 0 N–H and O–H groups in total. The van der Waals surface area contributed by atoms with Crippen molar-refractivity contribution in [2.45, 2.75) is 57.5 Å². The standard InChI is InChI=1S/C24H27F2N3O2/c1-16(2)28-13-11-24(12-14-28)29-21(19-5-3-4-6-22(19)31-24)15-20(27-29)17-7-9-18(10-8-17)30-23(25)26/h3-10,16,21,23H,11-15H2,1-2H3. The lowest BCUT2D eigenvalue weighted by Gasteiger charge is -2.51. The van der Waals surface area contributed by atoms with Gasteiger partial charge in [-0.2, -0.15) is 13.9 Å². The van der Waals surface area contributed by atoms with Crippen LogP contribution in [0.25, 0.3) is 0 Å². The van der Waals surface area contributed by atoms with Crippen LogP contribution in [-0.2, 0) is 0 Å². The summed E-state index contributed by atoms with van der Waals surface area (Å²) in [6.07, 6.45) is 2.52. The van der Waals surface area contributed by atoms with Crippen LogP contribution < -0.4 is 9.47 Å². The third kappa shape index (κ3) is 3.65. The fourth-order valence-electron chi connectivity index (χ4n) is 4.95. The van der Waals surface area contributed by atoms with Gasteiger partial charge in [-0.25, -0.2) is 5.01 Å². The van der Waals surface area contributed by atoms with Crippen molar-refractivity contribution in [3.8, 4) is 11.5 Å². The molecule has 3 heterocycles. The molecule has 2 aromatic rings. The smallest absolute Gasteiger partial charge is 0.387 e. The van der Waals surface area contributed by atoms with Crippen LogP contribution in [0.4, 0.5) is 8.78 Å². The van der Waals surface area contributed by atoms with Crippen LogP contribution in [0.3, 0.4) is 0 Å². The second-order valence-corrected chi connectivity index (χ2v) is 8.73. The largest absolute Gasteiger partial charge is 0.466 e. The van der Waals surface area contributed by atoms with Crippen molar-refractivity contribution in [2.75, 3.05) is 13.1 Å². The van der Waals surface area contributed by atoms with Crippen LogP contribution in [0.1, 0.15) is 50.3 Å². The van der Waals surface area contributed by atoms with Crippen molar-refractivity contribution in [1.82, 2.24) is 9.91 Å². The Kier molecular flexibility index (Phi) is 5.08. The lowest BCUT2D eigenvalue weighted by atomic mass is 9.90. The molecule has 0 aliphatic carbocycles. The summed E-state index contributed by atoms with van der Waals surface area (Å²) in [7, 11) is 0. The van der Waals surface area contributed by atoms with Gasteiger partial charge in [0.05, 0.1) is 11.8 Å². The van der Waals surface area contributed by atoms with Gasteiger partial charge in [0.25, 0.3) is 0 Å². The summed E-state index contributed by atoms with van der Waals surface area (Å²) in [5.74, 6) is 1.10. The van der Waals surface area contributed by atoms with E-state index in [4.69, 9.17) is 9.84 Å². The Morgan fingerprint density at radius 2 is 1.77 bits per heavy atom. The van der Waals surface area contributed by atoms with Crippen molar-refractivity contribution in [1.29, 1.82) is 0 Å². The molecule has 5 rings (SSSR count). The summed E-state index contributed by atoms with van der Waals surface area (Å²) < 4.78 is 36.1. The molecular formula is C24H27F2N3O2. The Labute approximate surface area is 181 Å². The van der Waals surface area contributed by atoms with E-state index in [-0.39, 0.29) is 11.8 Å². The molecular weight excluding hydrogens is 400 g/mol. The number of hydrazone groups is 1. The molecule has 3 aliphatic heterocycles. The average molecular weight is 427 g/mol. The van der Waals surface area contributed by atoms with Crippen molar-refractivity contribution < 1.29 is 18.3 Å². The van der Waals surface area contributed by atoms with Gasteiger partial charge in [-0.1, -0.05) is 18.2 Å². The number of rotatable bonds is 4. The van der Waals surface area contributed by atoms with Crippen LogP contribution >= 0.6 is 0 Å². The van der Waals surface area contributed by atoms with E-state index in [1.54, 1.807) is 24.3 Å². The summed E-state index contributed by atoms with van der Waals surface area (Å²) in [6.45, 7) is 3.56. The minimum absolute atomic E-state index is 0.113. The molecule has 1 spiro atoms. The highest BCUT2D eigenvalue weighted by Crippen LogP contribution is 2.50. The molecule has 1 saturated heterocycles. The maximum Gasteiger partial charge on any atom is 0.387 e. The van der Waals surface area contributed by atoms with Gasteiger partial charge in [0, 0.05) is 44.0 Å². The number of hydrogen-bond acceptors (Lipinski definition) is 5. The third-order valence-electron chi connectivity index (χ3n) is 6.63. The first-order chi connectivity index (χ1) is 14.9. The number of benzene rings is 2. The second kappa shape index (κ2) is 7.79. The van der Waals surface area contributed by atoms with Gasteiger partial charge in [0.15, 0.2) is 0 Å². The Hall–Kier alpha value is -2.67. The molecule has 1 unspecified atom stereocenters. The maximum absolute atomic E-state index is 12.5. The molecule has 1 atom stereocenters. The summed E-state index contributed by atoms with van der Waals surface area (Å²) in [4.78, 5) is 2.48. The van der Waals surface area contributed by atoms with E-state index in [0.29, 0.717) is 6.04 Å². The van der Waals surface area contributed by atoms with Crippen molar-refractivity contribution in [2.24, 2.45) is 5.10 Å². The zero-order chi connectivity index (χ0) is 21.6. The minimum Gasteiger partial charge on any atom is -0.466 e. The van der Waals surface area contributed by atoms with Crippen LogP contribution in [0.2, 0.25) is 0 Å². The maximum atomic E-state index is 12.5. The van der Waals surface area contributed by atoms with Crippen molar-refractivity contribution >= 4 is 5.71 Å². The average Bonchev–Trinajstić information content (AvgIpc) is 3.21. The lowest BCUT2D eigenvalue weighted by molar-refractivity contribution is -0.152. The zero-order valence-electron chi connectivity index (χ0n) is 17.8. The Balaban J connectivity index is 1.46. The zero-order valence-corrected chi connectivity index (χ0v) is 17.8. The van der Waals surface area contributed by atoms with Gasteiger partial charge >= 0.3 is 6.61 Å². The molecule has 164 valence electrons. The molecule has 1 fully saturated rings. The topological polar surface area (TPSA) is 37.3 Å². The summed E-state index contributed by atoms with van der Waals surface area (Å²) in [6, 6.07) is 15.6. The highest BCUT2D eigenvalue weighted by Gasteiger charge is 2.51. The number of halogens is 2. The minimum atomic E-state index is -2.83. The number of likely N-dealkylation sites (tertiary alicyclic amines) is 1. The van der Waals surface area contributed by atoms with Gasteiger partial charge in [0.1, 0.15) is 11.5 Å². The molecule has 0 amide bonds. The number of hydrogen-bond donors (Lipinski definition) is 0. The molecule has 31 heavy (non-hydrogen) atoms. The summed E-state index contributed by atoms with van der Waals surface area (Å²) >= 11 is 0. The first-order valence-corrected chi connectivity index (χ1v) is 10.9. The Bertz CT molecular complexity index is 969. The van der Waals surface area contributed by atoms with E-state index in [2.05, 4.69) is 40.6 Å². The summed E-state index contributed by atoms with van der Waals surface area (Å²) in [5.41, 5.74) is 2.56. The van der Waals surface area contributed by atoms with Crippen molar-refractivity contribution in [3.63, 3.8) is 0 Å². The Morgan fingerprint density at radius 1 is 1.06 bits per heavy atom. The molecule has 7 heteroatoms. The van der Waals surface area contributed by atoms with E-state index >= 15 is 0 Å². The molecule has 2 aromatic carbocycles. The van der Waals surface area contributed by atoms with Gasteiger partial charge in [-0.15, -0.1) is 0 Å². The fourth-order valence-corrected chi connectivity index (χ4v) is 4.95. The SMILES string of the molecule is CC(C)N1CCC2(CC1)Oc1ccccc1C1CC(c3ccc(OC(F)F)cc3)=NN12. The second-order valence-electron chi connectivity index (χ2n) is 8.73. The molecule has 5 nitrogen and oxygen atoms in total. The fraction of sp³-hybridized carbons (Fsp3) is 0.458. The van der Waals surface area contributed by atoms with E-state index in [9.17, 15) is 8.78 Å². The predicted octanol–water partition coefficient (Wildman–Crippen LogP) is 5.03. The third-order valence-corrected chi connectivity index (χ3v) is 6.63. The van der Waals surface area contributed by atoms with Gasteiger partial charge in [0.2, 0.25) is 5.72 Å². The molecule has 0 aromatic heterocycles. The van der Waals surface area contributed by atoms with Crippen LogP contribution in [0.5, 0.6) is 11.5 Å². The van der Waals surface area contributed by atoms with Crippen LogP contribution in [-0.4, -0.2) is 47.1 Å². The van der Waals surface area contributed by atoms with Gasteiger partial charge in [-0.05, 0) is 49.7 Å². The monoisotopic (exact) mass is 427 g/mol. The van der Waals surface area contributed by atoms with E-state index in [1.807, 2.05) is 12.1 Å². The van der Waals surface area contributed by atoms with E-state index < -0.39 is 12.3 Å². The predicted molar refractivity (Wildman–Crippen MR) is 115 cm³/mol. The first-order valence-electron chi connectivity index (χ1n) is 10.9. The normalized spacial score (nSPS) is 22.3. The molecule has 0 saturated carbocycles. The number of piperidine rings is 1. The number of ether oxygens (including phenoxy) is 2. The quantitative estimate of drug-likeness (QED) is 0.686. The van der Waals surface area contributed by atoms with Crippen LogP contribution in [0, 0.1) is 0 Å². The number of fused-ring (bicyclic) bond motifs is 4. The highest BCUT2D eigenvalue weighted by atomic mass is 19.3. The molecule has 0 radical (unpaired) electrons. The number of para-hydroxylation sites is 1. The molecule has 3 aliphatic rings. The van der Waals surface area contributed by atoms with Gasteiger partial charge < -0.3 is 14.4 Å². The van der Waals surface area contributed by atoms with Gasteiger partial charge in [-0.3, -0.25) is 0 Å². The van der Waals surface area contributed by atoms with Crippen molar-refractivity contribution in [3.05, 3.63) is 59.7 Å². The molecule has 0 bridgehead atoms. The number of nitrogens with zero attached hydrogens (tertiary/aromatic N) is 3. The first kappa shape index (κ1) is 20.2. The Morgan fingerprint density at radius 3 is 2.45 bits per heavy atom. The van der Waals surface area contributed by atoms with E-state index in [0.717, 1.165) is 54.9 Å². The highest BCUT2D eigenvalue weighted by molar-refractivity contribution is 6.02. The summed E-state index contributed by atoms with van der Waals surface area (Å²) in [5, 5.41) is 7.21. The van der Waals surface area contributed by atoms with E-state index in [1.165, 1.54) is 0 Å². The number of alkyl halides is 2.